The van der Waals surface area contributed by atoms with Crippen LogP contribution in [0.4, 0.5) is 0 Å². The highest BCUT2D eigenvalue weighted by molar-refractivity contribution is 5.21. The maximum Gasteiger partial charge on any atom is 0.110 e. The Bertz CT molecular complexity index is 450. The summed E-state index contributed by atoms with van der Waals surface area (Å²) in [6, 6.07) is 0.465. The number of likely N-dealkylation sites (N-methyl/N-ethyl adjacent to an activating group) is 1. The van der Waals surface area contributed by atoms with Crippen LogP contribution in [0, 0.1) is 22.2 Å². The number of rotatable bonds is 4. The van der Waals surface area contributed by atoms with E-state index in [9.17, 15) is 0 Å². The molecule has 2 heteroatoms. The van der Waals surface area contributed by atoms with Crippen LogP contribution in [0.1, 0.15) is 65.7 Å². The lowest BCUT2D eigenvalue weighted by molar-refractivity contribution is -0.157. The van der Waals surface area contributed by atoms with Gasteiger partial charge in [0.1, 0.15) is 5.76 Å². The largest absolute Gasteiger partial charge is 0.496 e. The molecule has 21 heavy (non-hydrogen) atoms. The highest BCUT2D eigenvalue weighted by Crippen LogP contribution is 2.70. The van der Waals surface area contributed by atoms with Gasteiger partial charge in [-0.1, -0.05) is 20.8 Å². The van der Waals surface area contributed by atoms with Crippen molar-refractivity contribution in [1.82, 2.24) is 5.32 Å². The summed E-state index contributed by atoms with van der Waals surface area (Å²) in [5.41, 5.74) is 1.62. The van der Waals surface area contributed by atoms with Gasteiger partial charge in [0.2, 0.25) is 0 Å². The Morgan fingerprint density at radius 3 is 2.43 bits per heavy atom. The second kappa shape index (κ2) is 4.50. The molecule has 4 aliphatic carbocycles. The molecule has 1 N–H and O–H groups in total. The SMILES string of the molecule is CCNC(C1=CCCO1)C12CC3CC(C)(CC(C)(C3)C1)C2. The number of hydrogen-bond donors (Lipinski definition) is 1. The van der Waals surface area contributed by atoms with Crippen LogP contribution in [0.5, 0.6) is 0 Å². The van der Waals surface area contributed by atoms with Crippen LogP contribution >= 0.6 is 0 Å². The highest BCUT2D eigenvalue weighted by Gasteiger charge is 2.62. The summed E-state index contributed by atoms with van der Waals surface area (Å²) in [7, 11) is 0. The average Bonchev–Trinajstić information content (AvgIpc) is 2.84. The smallest absolute Gasteiger partial charge is 0.110 e. The molecule has 0 radical (unpaired) electrons. The molecule has 0 aromatic heterocycles. The van der Waals surface area contributed by atoms with Gasteiger partial charge in [0.15, 0.2) is 0 Å². The third kappa shape index (κ3) is 2.17. The monoisotopic (exact) mass is 289 g/mol. The zero-order valence-electron chi connectivity index (χ0n) is 14.0. The van der Waals surface area contributed by atoms with Gasteiger partial charge in [-0.2, -0.15) is 0 Å². The zero-order valence-corrected chi connectivity index (χ0v) is 14.0. The van der Waals surface area contributed by atoms with Gasteiger partial charge in [-0.05, 0) is 73.3 Å². The maximum absolute atomic E-state index is 6.02. The maximum atomic E-state index is 6.02. The van der Waals surface area contributed by atoms with Crippen molar-refractivity contribution in [2.45, 2.75) is 71.8 Å². The lowest BCUT2D eigenvalue weighted by atomic mass is 9.39. The van der Waals surface area contributed by atoms with E-state index in [0.717, 1.165) is 25.5 Å². The van der Waals surface area contributed by atoms with E-state index in [1.165, 1.54) is 44.3 Å². The first-order valence-electron chi connectivity index (χ1n) is 9.02. The van der Waals surface area contributed by atoms with Gasteiger partial charge in [-0.25, -0.2) is 0 Å². The summed E-state index contributed by atoms with van der Waals surface area (Å²) < 4.78 is 6.02. The van der Waals surface area contributed by atoms with Crippen molar-refractivity contribution in [2.75, 3.05) is 13.2 Å². The fourth-order valence-corrected chi connectivity index (χ4v) is 7.32. The van der Waals surface area contributed by atoms with E-state index in [-0.39, 0.29) is 0 Å². The zero-order chi connectivity index (χ0) is 14.7. The molecule has 0 aromatic rings. The standard InChI is InChI=1S/C19H31NO/c1-4-20-16(15-6-5-7-21-15)19-10-14-8-17(2,12-19)11-18(3,9-14)13-19/h6,14,16,20H,4-5,7-13H2,1-3H3. The third-order valence-electron chi connectivity index (χ3n) is 6.71. The van der Waals surface area contributed by atoms with Gasteiger partial charge in [0, 0.05) is 6.42 Å². The van der Waals surface area contributed by atoms with Crippen molar-refractivity contribution in [1.29, 1.82) is 0 Å². The topological polar surface area (TPSA) is 21.3 Å². The molecule has 1 aliphatic heterocycles. The Morgan fingerprint density at radius 1 is 1.19 bits per heavy atom. The first-order chi connectivity index (χ1) is 9.96. The molecule has 1 heterocycles. The summed E-state index contributed by atoms with van der Waals surface area (Å²) in [5, 5.41) is 3.82. The van der Waals surface area contributed by atoms with E-state index in [1.807, 2.05) is 0 Å². The van der Waals surface area contributed by atoms with Crippen molar-refractivity contribution in [3.63, 3.8) is 0 Å². The van der Waals surface area contributed by atoms with Crippen molar-refractivity contribution >= 4 is 0 Å². The Hall–Kier alpha value is -0.500. The molecule has 3 unspecified atom stereocenters. The first kappa shape index (κ1) is 14.1. The van der Waals surface area contributed by atoms with Crippen molar-refractivity contribution < 1.29 is 4.74 Å². The fraction of sp³-hybridized carbons (Fsp3) is 0.895. The Labute approximate surface area is 129 Å². The van der Waals surface area contributed by atoms with Gasteiger partial charge in [0.05, 0.1) is 12.6 Å². The highest BCUT2D eigenvalue weighted by atomic mass is 16.5. The number of ether oxygens (including phenoxy) is 1. The molecule has 4 bridgehead atoms. The molecule has 0 saturated heterocycles. The minimum atomic E-state index is 0.453. The van der Waals surface area contributed by atoms with Crippen LogP contribution in [0.15, 0.2) is 11.8 Å². The van der Waals surface area contributed by atoms with Gasteiger partial charge in [-0.3, -0.25) is 0 Å². The normalized spacial score (nSPS) is 49.1. The van der Waals surface area contributed by atoms with Gasteiger partial charge in [-0.15, -0.1) is 0 Å². The van der Waals surface area contributed by atoms with E-state index < -0.39 is 0 Å². The summed E-state index contributed by atoms with van der Waals surface area (Å²) in [4.78, 5) is 0. The van der Waals surface area contributed by atoms with E-state index in [2.05, 4.69) is 32.2 Å². The predicted molar refractivity (Wildman–Crippen MR) is 86.0 cm³/mol. The molecular formula is C19H31NO. The Balaban J connectivity index is 1.71. The van der Waals surface area contributed by atoms with E-state index in [0.29, 0.717) is 22.3 Å². The Kier molecular flexibility index (Phi) is 3.03. The molecule has 0 amide bonds. The third-order valence-corrected chi connectivity index (χ3v) is 6.71. The van der Waals surface area contributed by atoms with Gasteiger partial charge < -0.3 is 10.1 Å². The fourth-order valence-electron chi connectivity index (χ4n) is 7.32. The molecule has 5 aliphatic rings. The summed E-state index contributed by atoms with van der Waals surface area (Å²) in [6.07, 6.45) is 12.1. The van der Waals surface area contributed by atoms with Crippen molar-refractivity contribution in [3.8, 4) is 0 Å². The second-order valence-electron chi connectivity index (χ2n) is 9.23. The van der Waals surface area contributed by atoms with E-state index in [4.69, 9.17) is 4.74 Å². The summed E-state index contributed by atoms with van der Waals surface area (Å²) in [6.45, 7) is 9.32. The molecular weight excluding hydrogens is 258 g/mol. The Morgan fingerprint density at radius 2 is 1.90 bits per heavy atom. The van der Waals surface area contributed by atoms with Crippen LogP contribution in [0.3, 0.4) is 0 Å². The molecule has 3 atom stereocenters. The quantitative estimate of drug-likeness (QED) is 0.834. The summed E-state index contributed by atoms with van der Waals surface area (Å²) in [5.74, 6) is 2.23. The molecule has 2 nitrogen and oxygen atoms in total. The first-order valence-corrected chi connectivity index (χ1v) is 9.02. The van der Waals surface area contributed by atoms with Gasteiger partial charge >= 0.3 is 0 Å². The van der Waals surface area contributed by atoms with Crippen LogP contribution in [-0.2, 0) is 4.74 Å². The average molecular weight is 289 g/mol. The predicted octanol–water partition coefficient (Wildman–Crippen LogP) is 4.27. The van der Waals surface area contributed by atoms with Crippen LogP contribution in [0.25, 0.3) is 0 Å². The van der Waals surface area contributed by atoms with Crippen LogP contribution < -0.4 is 5.32 Å². The molecule has 5 rings (SSSR count). The van der Waals surface area contributed by atoms with Gasteiger partial charge in [0.25, 0.3) is 0 Å². The molecule has 4 fully saturated rings. The number of nitrogens with one attached hydrogen (secondary N) is 1. The molecule has 0 aromatic carbocycles. The van der Waals surface area contributed by atoms with Crippen molar-refractivity contribution in [3.05, 3.63) is 11.8 Å². The van der Waals surface area contributed by atoms with E-state index in [1.54, 1.807) is 0 Å². The molecule has 118 valence electrons. The van der Waals surface area contributed by atoms with E-state index >= 15 is 0 Å². The lowest BCUT2D eigenvalue weighted by Gasteiger charge is -2.67. The number of hydrogen-bond acceptors (Lipinski definition) is 2. The summed E-state index contributed by atoms with van der Waals surface area (Å²) >= 11 is 0. The molecule has 0 spiro atoms. The lowest BCUT2D eigenvalue weighted by Crippen LogP contribution is -2.61. The minimum absolute atomic E-state index is 0.453. The van der Waals surface area contributed by atoms with Crippen molar-refractivity contribution in [2.24, 2.45) is 22.2 Å². The van der Waals surface area contributed by atoms with Crippen LogP contribution in [-0.4, -0.2) is 19.2 Å². The van der Waals surface area contributed by atoms with Crippen LogP contribution in [0.2, 0.25) is 0 Å². The second-order valence-corrected chi connectivity index (χ2v) is 9.23. The minimum Gasteiger partial charge on any atom is -0.496 e. The molecule has 4 saturated carbocycles.